The zero-order chi connectivity index (χ0) is 16.8. The number of likely N-dealkylation sites (tertiary alicyclic amines) is 1. The summed E-state index contributed by atoms with van der Waals surface area (Å²) in [7, 11) is 0. The maximum atomic E-state index is 12.6. The highest BCUT2D eigenvalue weighted by atomic mass is 32.2. The molecule has 1 amide bonds. The van der Waals surface area contributed by atoms with Gasteiger partial charge in [0.2, 0.25) is 0 Å². The Morgan fingerprint density at radius 3 is 2.88 bits per heavy atom. The lowest BCUT2D eigenvalue weighted by molar-refractivity contribution is 0.0672. The number of carbonyl (C=O) groups excluding carboxylic acids is 1. The molecular formula is C19H22N2O2S. The van der Waals surface area contributed by atoms with E-state index in [0.29, 0.717) is 6.61 Å². The van der Waals surface area contributed by atoms with Gasteiger partial charge in [0.25, 0.3) is 0 Å². The number of amides is 1. The molecular weight excluding hydrogens is 320 g/mol. The molecule has 1 atom stereocenters. The maximum Gasteiger partial charge on any atom is 0.410 e. The Balaban J connectivity index is 1.73. The SMILES string of the molecule is CSc1ncccc1[C@H]1CCCCN1C(=O)OCc1ccccc1. The van der Waals surface area contributed by atoms with E-state index in [1.165, 1.54) is 0 Å². The van der Waals surface area contributed by atoms with Crippen LogP contribution in [0.5, 0.6) is 0 Å². The number of pyridine rings is 1. The van der Waals surface area contributed by atoms with Crippen molar-refractivity contribution in [2.75, 3.05) is 12.8 Å². The van der Waals surface area contributed by atoms with Crippen molar-refractivity contribution in [3.63, 3.8) is 0 Å². The number of hydrogen-bond acceptors (Lipinski definition) is 4. The first-order valence-electron chi connectivity index (χ1n) is 8.26. The number of nitrogens with zero attached hydrogens (tertiary/aromatic N) is 2. The molecule has 1 aliphatic rings. The van der Waals surface area contributed by atoms with E-state index in [4.69, 9.17) is 4.74 Å². The molecule has 4 nitrogen and oxygen atoms in total. The zero-order valence-corrected chi connectivity index (χ0v) is 14.7. The Kier molecular flexibility index (Phi) is 5.75. The average molecular weight is 342 g/mol. The minimum atomic E-state index is -0.237. The number of benzene rings is 1. The van der Waals surface area contributed by atoms with Crippen molar-refractivity contribution in [1.29, 1.82) is 0 Å². The Morgan fingerprint density at radius 2 is 2.08 bits per heavy atom. The van der Waals surface area contributed by atoms with Crippen LogP contribution in [0, 0.1) is 0 Å². The third-order valence-electron chi connectivity index (χ3n) is 4.30. The van der Waals surface area contributed by atoms with Gasteiger partial charge in [-0.15, -0.1) is 11.8 Å². The Morgan fingerprint density at radius 1 is 1.25 bits per heavy atom. The van der Waals surface area contributed by atoms with Gasteiger partial charge >= 0.3 is 6.09 Å². The molecule has 2 heterocycles. The first-order valence-corrected chi connectivity index (χ1v) is 9.48. The second-order valence-corrected chi connectivity index (χ2v) is 6.64. The van der Waals surface area contributed by atoms with Crippen molar-refractivity contribution in [3.05, 3.63) is 59.8 Å². The predicted octanol–water partition coefficient (Wildman–Crippen LogP) is 4.67. The Bertz CT molecular complexity index is 678. The van der Waals surface area contributed by atoms with E-state index in [0.717, 1.165) is 42.0 Å². The molecule has 126 valence electrons. The van der Waals surface area contributed by atoms with Gasteiger partial charge in [-0.25, -0.2) is 9.78 Å². The van der Waals surface area contributed by atoms with Crippen molar-refractivity contribution < 1.29 is 9.53 Å². The molecule has 2 aromatic rings. The lowest BCUT2D eigenvalue weighted by atomic mass is 9.97. The van der Waals surface area contributed by atoms with Gasteiger partial charge in [0.05, 0.1) is 6.04 Å². The molecule has 1 aromatic carbocycles. The number of aromatic nitrogens is 1. The molecule has 0 unspecified atom stereocenters. The summed E-state index contributed by atoms with van der Waals surface area (Å²) in [5.74, 6) is 0. The van der Waals surface area contributed by atoms with Crippen LogP contribution < -0.4 is 0 Å². The fourth-order valence-corrected chi connectivity index (χ4v) is 3.71. The quantitative estimate of drug-likeness (QED) is 0.758. The number of hydrogen-bond donors (Lipinski definition) is 0. The van der Waals surface area contributed by atoms with Crippen molar-refractivity contribution in [2.24, 2.45) is 0 Å². The minimum absolute atomic E-state index is 0.0539. The largest absolute Gasteiger partial charge is 0.445 e. The molecule has 0 bridgehead atoms. The summed E-state index contributed by atoms with van der Waals surface area (Å²) in [6.07, 6.45) is 6.68. The van der Waals surface area contributed by atoms with E-state index >= 15 is 0 Å². The molecule has 1 aliphatic heterocycles. The molecule has 0 radical (unpaired) electrons. The first-order chi connectivity index (χ1) is 11.8. The van der Waals surface area contributed by atoms with E-state index in [1.807, 2.05) is 47.6 Å². The van der Waals surface area contributed by atoms with Crippen LogP contribution in [0.15, 0.2) is 53.7 Å². The number of rotatable bonds is 4. The summed E-state index contributed by atoms with van der Waals surface area (Å²) < 4.78 is 5.55. The lowest BCUT2D eigenvalue weighted by Crippen LogP contribution is -2.39. The second-order valence-electron chi connectivity index (χ2n) is 5.85. The summed E-state index contributed by atoms with van der Waals surface area (Å²) in [5.41, 5.74) is 2.13. The van der Waals surface area contributed by atoms with Crippen LogP contribution in [0.25, 0.3) is 0 Å². The monoisotopic (exact) mass is 342 g/mol. The highest BCUT2D eigenvalue weighted by Gasteiger charge is 2.30. The fourth-order valence-electron chi connectivity index (χ4n) is 3.10. The maximum absolute atomic E-state index is 12.6. The molecule has 24 heavy (non-hydrogen) atoms. The lowest BCUT2D eigenvalue weighted by Gasteiger charge is -2.35. The van der Waals surface area contributed by atoms with E-state index in [2.05, 4.69) is 11.1 Å². The van der Waals surface area contributed by atoms with E-state index in [-0.39, 0.29) is 12.1 Å². The molecule has 0 aliphatic carbocycles. The average Bonchev–Trinajstić information content (AvgIpc) is 2.67. The van der Waals surface area contributed by atoms with Crippen molar-refractivity contribution in [1.82, 2.24) is 9.88 Å². The summed E-state index contributed by atoms with van der Waals surface area (Å²) in [6, 6.07) is 13.9. The number of piperidine rings is 1. The second kappa shape index (κ2) is 8.20. The molecule has 0 N–H and O–H groups in total. The number of thioether (sulfide) groups is 1. The minimum Gasteiger partial charge on any atom is -0.445 e. The predicted molar refractivity (Wildman–Crippen MR) is 95.9 cm³/mol. The smallest absolute Gasteiger partial charge is 0.410 e. The Hall–Kier alpha value is -2.01. The summed E-state index contributed by atoms with van der Waals surface area (Å²) in [6.45, 7) is 1.05. The van der Waals surface area contributed by atoms with Crippen LogP contribution in [-0.2, 0) is 11.3 Å². The third-order valence-corrected chi connectivity index (χ3v) is 5.02. The molecule has 5 heteroatoms. The third kappa shape index (κ3) is 3.90. The summed E-state index contributed by atoms with van der Waals surface area (Å²) in [4.78, 5) is 18.9. The summed E-state index contributed by atoms with van der Waals surface area (Å²) in [5, 5.41) is 0.991. The zero-order valence-electron chi connectivity index (χ0n) is 13.9. The van der Waals surface area contributed by atoms with Gasteiger partial charge < -0.3 is 9.64 Å². The van der Waals surface area contributed by atoms with Gasteiger partial charge in [-0.05, 0) is 37.1 Å². The molecule has 0 saturated carbocycles. The van der Waals surface area contributed by atoms with Crippen molar-refractivity contribution >= 4 is 17.9 Å². The highest BCUT2D eigenvalue weighted by molar-refractivity contribution is 7.98. The van der Waals surface area contributed by atoms with Gasteiger partial charge in [-0.2, -0.15) is 0 Å². The van der Waals surface area contributed by atoms with Gasteiger partial charge in [-0.3, -0.25) is 0 Å². The van der Waals surface area contributed by atoms with Crippen LogP contribution in [0.3, 0.4) is 0 Å². The van der Waals surface area contributed by atoms with Gasteiger partial charge in [0.15, 0.2) is 0 Å². The van der Waals surface area contributed by atoms with Crippen molar-refractivity contribution in [3.8, 4) is 0 Å². The van der Waals surface area contributed by atoms with Crippen LogP contribution in [-0.4, -0.2) is 28.8 Å². The van der Waals surface area contributed by atoms with Gasteiger partial charge in [0.1, 0.15) is 11.6 Å². The normalized spacial score (nSPS) is 17.5. The molecule has 1 fully saturated rings. The molecule has 1 saturated heterocycles. The van der Waals surface area contributed by atoms with Crippen LogP contribution in [0.1, 0.15) is 36.4 Å². The molecule has 3 rings (SSSR count). The van der Waals surface area contributed by atoms with Gasteiger partial charge in [0, 0.05) is 18.3 Å². The fraction of sp³-hybridized carbons (Fsp3) is 0.368. The van der Waals surface area contributed by atoms with Crippen LogP contribution >= 0.6 is 11.8 Å². The molecule has 1 aromatic heterocycles. The number of ether oxygens (including phenoxy) is 1. The van der Waals surface area contributed by atoms with Crippen LogP contribution in [0.2, 0.25) is 0 Å². The van der Waals surface area contributed by atoms with Crippen molar-refractivity contribution in [2.45, 2.75) is 36.9 Å². The van der Waals surface area contributed by atoms with Crippen LogP contribution in [0.4, 0.5) is 4.79 Å². The molecule has 0 spiro atoms. The van der Waals surface area contributed by atoms with E-state index in [9.17, 15) is 4.79 Å². The number of carbonyl (C=O) groups is 1. The summed E-state index contributed by atoms with van der Waals surface area (Å²) >= 11 is 1.62. The Labute approximate surface area is 147 Å². The van der Waals surface area contributed by atoms with Gasteiger partial charge in [-0.1, -0.05) is 36.4 Å². The highest BCUT2D eigenvalue weighted by Crippen LogP contribution is 2.35. The van der Waals surface area contributed by atoms with E-state index in [1.54, 1.807) is 18.0 Å². The van der Waals surface area contributed by atoms with E-state index < -0.39 is 0 Å². The standard InChI is InChI=1S/C19H22N2O2S/c1-24-18-16(10-7-12-20-18)17-11-5-6-13-21(17)19(22)23-14-15-8-3-2-4-9-15/h2-4,7-10,12,17H,5-6,11,13-14H2,1H3/t17-/m1/s1. The topological polar surface area (TPSA) is 42.4 Å². The first kappa shape index (κ1) is 16.8.